The van der Waals surface area contributed by atoms with Gasteiger partial charge in [0.25, 0.3) is 17.0 Å². The minimum atomic E-state index is -0.412. The summed E-state index contributed by atoms with van der Waals surface area (Å²) in [4.78, 5) is 39.7. The molecule has 1 amide bonds. The van der Waals surface area contributed by atoms with Crippen LogP contribution in [0.5, 0.6) is 5.75 Å². The zero-order valence-electron chi connectivity index (χ0n) is 21.2. The van der Waals surface area contributed by atoms with Gasteiger partial charge < -0.3 is 20.6 Å². The molecule has 1 aromatic heterocycles. The first kappa shape index (κ1) is 27.0. The highest BCUT2D eigenvalue weighted by molar-refractivity contribution is 5.98. The average Bonchev–Trinajstić information content (AvgIpc) is 2.79. The van der Waals surface area contributed by atoms with Gasteiger partial charge in [-0.1, -0.05) is 46.1 Å². The Hall–Kier alpha value is -3.23. The maximum Gasteiger partial charge on any atom is 0.291 e. The first-order valence-electron chi connectivity index (χ1n) is 12.0. The summed E-state index contributed by atoms with van der Waals surface area (Å²) in [5, 5.41) is 19.2. The highest BCUT2D eigenvalue weighted by atomic mass is 16.3. The van der Waals surface area contributed by atoms with Crippen LogP contribution in [0.4, 0.5) is 17.1 Å². The number of phenols is 1. The molecule has 9 heteroatoms. The molecule has 1 aromatic carbocycles. The molecular formula is C25H39N5O4. The van der Waals surface area contributed by atoms with E-state index >= 15 is 0 Å². The zero-order valence-corrected chi connectivity index (χ0v) is 21.2. The van der Waals surface area contributed by atoms with E-state index < -0.39 is 5.56 Å². The van der Waals surface area contributed by atoms with Crippen molar-refractivity contribution in [3.8, 4) is 5.75 Å². The lowest BCUT2D eigenvalue weighted by Gasteiger charge is -2.25. The number of carbonyl (C=O) groups excluding carboxylic acids is 1. The van der Waals surface area contributed by atoms with E-state index in [1.165, 1.54) is 15.6 Å². The third kappa shape index (κ3) is 6.65. The molecule has 0 bridgehead atoms. The van der Waals surface area contributed by atoms with Gasteiger partial charge >= 0.3 is 0 Å². The SMILES string of the molecule is CC(C)C.CCNc1c(Nc2cccc(C(=O)N(C)C)c2O)c(=O)n(C2CCCCC2)[nH]c1=O. The standard InChI is InChI=1S/C21H29N5O4.C4H10/c1-4-22-16-17(21(30)26(24-19(16)28)13-9-6-5-7-10-13)23-15-12-8-11-14(18(15)27)20(29)25(2)3;1-4(2)3/h8,11-13,22-23,27H,4-7,9-10H2,1-3H3,(H,24,28);4H,1-3H3. The van der Waals surface area contributed by atoms with Gasteiger partial charge in [-0.15, -0.1) is 0 Å². The highest BCUT2D eigenvalue weighted by Gasteiger charge is 2.23. The Morgan fingerprint density at radius 3 is 2.32 bits per heavy atom. The molecule has 9 nitrogen and oxygen atoms in total. The predicted molar refractivity (Wildman–Crippen MR) is 138 cm³/mol. The van der Waals surface area contributed by atoms with Gasteiger partial charge in [-0.2, -0.15) is 0 Å². The monoisotopic (exact) mass is 473 g/mol. The summed E-state index contributed by atoms with van der Waals surface area (Å²) in [5.41, 5.74) is -0.341. The van der Waals surface area contributed by atoms with E-state index in [0.29, 0.717) is 6.54 Å². The van der Waals surface area contributed by atoms with E-state index in [1.807, 2.05) is 6.92 Å². The maximum absolute atomic E-state index is 13.3. The van der Waals surface area contributed by atoms with Crippen molar-refractivity contribution in [2.24, 2.45) is 5.92 Å². The number of phenolic OH excluding ortho intramolecular Hbond substituents is 1. The molecule has 1 saturated carbocycles. The molecular weight excluding hydrogens is 434 g/mol. The lowest BCUT2D eigenvalue weighted by Crippen LogP contribution is -2.36. The Morgan fingerprint density at radius 1 is 1.15 bits per heavy atom. The van der Waals surface area contributed by atoms with Crippen molar-refractivity contribution in [1.29, 1.82) is 0 Å². The third-order valence-electron chi connectivity index (χ3n) is 5.36. The third-order valence-corrected chi connectivity index (χ3v) is 5.36. The topological polar surface area (TPSA) is 119 Å². The summed E-state index contributed by atoms with van der Waals surface area (Å²) >= 11 is 0. The van der Waals surface area contributed by atoms with Crippen LogP contribution >= 0.6 is 0 Å². The number of nitrogens with one attached hydrogen (secondary N) is 3. The molecule has 4 N–H and O–H groups in total. The van der Waals surface area contributed by atoms with Gasteiger partial charge in [0.1, 0.15) is 11.4 Å². The van der Waals surface area contributed by atoms with E-state index in [9.17, 15) is 19.5 Å². The number of aromatic hydroxyl groups is 1. The molecule has 0 atom stereocenters. The smallest absolute Gasteiger partial charge is 0.291 e. The minimum absolute atomic E-state index is 0.0518. The van der Waals surface area contributed by atoms with Crippen LogP contribution in [0.15, 0.2) is 27.8 Å². The number of aromatic amines is 1. The molecule has 0 aliphatic heterocycles. The number of carbonyl (C=O) groups is 1. The van der Waals surface area contributed by atoms with Crippen LogP contribution in [-0.2, 0) is 0 Å². The zero-order chi connectivity index (χ0) is 25.4. The number of aromatic nitrogens is 2. The molecule has 0 saturated heterocycles. The molecule has 3 rings (SSSR count). The van der Waals surface area contributed by atoms with E-state index in [2.05, 4.69) is 36.5 Å². The minimum Gasteiger partial charge on any atom is -0.505 e. The highest BCUT2D eigenvalue weighted by Crippen LogP contribution is 2.32. The number of benzene rings is 1. The van der Waals surface area contributed by atoms with Crippen molar-refractivity contribution in [3.05, 3.63) is 44.5 Å². The van der Waals surface area contributed by atoms with Gasteiger partial charge in [-0.05, 0) is 37.8 Å². The maximum atomic E-state index is 13.3. The summed E-state index contributed by atoms with van der Waals surface area (Å²) < 4.78 is 1.40. The normalized spacial score (nSPS) is 13.7. The molecule has 0 unspecified atom stereocenters. The number of anilines is 3. The largest absolute Gasteiger partial charge is 0.505 e. The number of nitrogens with zero attached hydrogens (tertiary/aromatic N) is 2. The van der Waals surface area contributed by atoms with E-state index in [-0.39, 0.29) is 45.9 Å². The first-order chi connectivity index (χ1) is 16.1. The van der Waals surface area contributed by atoms with Crippen molar-refractivity contribution in [1.82, 2.24) is 14.7 Å². The van der Waals surface area contributed by atoms with Gasteiger partial charge in [0.15, 0.2) is 5.75 Å². The fraction of sp³-hybridized carbons (Fsp3) is 0.560. The lowest BCUT2D eigenvalue weighted by atomic mass is 9.95. The Balaban J connectivity index is 0.000000945. The second-order valence-electron chi connectivity index (χ2n) is 9.45. The molecule has 1 fully saturated rings. The van der Waals surface area contributed by atoms with Crippen LogP contribution in [0.3, 0.4) is 0 Å². The Morgan fingerprint density at radius 2 is 1.76 bits per heavy atom. The number of para-hydroxylation sites is 1. The first-order valence-corrected chi connectivity index (χ1v) is 12.0. The molecule has 2 aromatic rings. The summed E-state index contributed by atoms with van der Waals surface area (Å²) in [6, 6.07) is 4.61. The molecule has 34 heavy (non-hydrogen) atoms. The van der Waals surface area contributed by atoms with E-state index in [4.69, 9.17) is 0 Å². The summed E-state index contributed by atoms with van der Waals surface area (Å²) in [5.74, 6) is 0.191. The molecule has 0 radical (unpaired) electrons. The van der Waals surface area contributed by atoms with Crippen molar-refractivity contribution in [2.75, 3.05) is 31.3 Å². The quantitative estimate of drug-likeness (QED) is 0.465. The second-order valence-corrected chi connectivity index (χ2v) is 9.45. The van der Waals surface area contributed by atoms with Gasteiger partial charge in [0.2, 0.25) is 0 Å². The number of H-pyrrole nitrogens is 1. The number of hydrogen-bond donors (Lipinski definition) is 4. The number of amides is 1. The molecule has 1 heterocycles. The average molecular weight is 474 g/mol. The second kappa shape index (κ2) is 12.3. The summed E-state index contributed by atoms with van der Waals surface area (Å²) in [7, 11) is 3.18. The van der Waals surface area contributed by atoms with Crippen LogP contribution in [-0.4, -0.2) is 46.3 Å². The van der Waals surface area contributed by atoms with Crippen molar-refractivity contribution < 1.29 is 9.90 Å². The Kier molecular flexibility index (Phi) is 9.77. The predicted octanol–water partition coefficient (Wildman–Crippen LogP) is 4.29. The summed E-state index contributed by atoms with van der Waals surface area (Å²) in [6.07, 6.45) is 4.79. The molecule has 0 spiro atoms. The van der Waals surface area contributed by atoms with Crippen LogP contribution in [0.1, 0.15) is 76.2 Å². The van der Waals surface area contributed by atoms with Crippen molar-refractivity contribution in [3.63, 3.8) is 0 Å². The Labute approximate surface area is 201 Å². The van der Waals surface area contributed by atoms with Crippen LogP contribution < -0.4 is 21.8 Å². The number of hydrogen-bond acceptors (Lipinski definition) is 6. The van der Waals surface area contributed by atoms with Crippen LogP contribution in [0.2, 0.25) is 0 Å². The van der Waals surface area contributed by atoms with Crippen molar-refractivity contribution >= 4 is 23.0 Å². The fourth-order valence-electron chi connectivity index (χ4n) is 3.81. The molecule has 1 aliphatic carbocycles. The molecule has 1 aliphatic rings. The van der Waals surface area contributed by atoms with E-state index in [1.54, 1.807) is 26.2 Å². The van der Waals surface area contributed by atoms with Crippen LogP contribution in [0, 0.1) is 5.92 Å². The fourth-order valence-corrected chi connectivity index (χ4v) is 3.81. The lowest BCUT2D eigenvalue weighted by molar-refractivity contribution is 0.0824. The number of rotatable bonds is 6. The van der Waals surface area contributed by atoms with Gasteiger partial charge in [0.05, 0.1) is 17.3 Å². The molecule has 188 valence electrons. The van der Waals surface area contributed by atoms with E-state index in [0.717, 1.165) is 38.0 Å². The van der Waals surface area contributed by atoms with Crippen LogP contribution in [0.25, 0.3) is 0 Å². The Bertz CT molecular complexity index is 1080. The van der Waals surface area contributed by atoms with Gasteiger partial charge in [-0.25, -0.2) is 4.68 Å². The summed E-state index contributed by atoms with van der Waals surface area (Å²) in [6.45, 7) is 8.76. The van der Waals surface area contributed by atoms with Gasteiger partial charge in [-0.3, -0.25) is 19.5 Å². The van der Waals surface area contributed by atoms with Crippen molar-refractivity contribution in [2.45, 2.75) is 65.8 Å². The van der Waals surface area contributed by atoms with Gasteiger partial charge in [0, 0.05) is 20.6 Å².